The lowest BCUT2D eigenvalue weighted by Gasteiger charge is -2.27. The Morgan fingerprint density at radius 2 is 1.59 bits per heavy atom. The molecule has 6 nitrogen and oxygen atoms in total. The molecule has 4 amide bonds. The number of carbonyl (C=O) groups excluding carboxylic acids is 3. The molecule has 0 aromatic heterocycles. The summed E-state index contributed by atoms with van der Waals surface area (Å²) < 4.78 is 7.13. The summed E-state index contributed by atoms with van der Waals surface area (Å²) in [4.78, 5) is 40.2. The third kappa shape index (κ3) is 5.04. The van der Waals surface area contributed by atoms with Gasteiger partial charge in [-0.3, -0.25) is 14.9 Å². The van der Waals surface area contributed by atoms with Gasteiger partial charge >= 0.3 is 6.03 Å². The summed E-state index contributed by atoms with van der Waals surface area (Å²) in [7, 11) is 0. The van der Waals surface area contributed by atoms with E-state index in [4.69, 9.17) is 4.74 Å². The topological polar surface area (TPSA) is 75.7 Å². The van der Waals surface area contributed by atoms with E-state index in [1.54, 1.807) is 12.1 Å². The SMILES string of the molecule is Cc1cc(C)cc(N2C(=O)NC(=O)/C(=C\c3c(OCc4ccc(Br)cc4)ccc4ccccc34)C2=O)c1. The summed E-state index contributed by atoms with van der Waals surface area (Å²) in [6.07, 6.45) is 1.51. The van der Waals surface area contributed by atoms with E-state index in [0.717, 1.165) is 36.8 Å². The van der Waals surface area contributed by atoms with Crippen LogP contribution < -0.4 is 15.0 Å². The molecule has 4 aromatic rings. The first kappa shape index (κ1) is 24.5. The Morgan fingerprint density at radius 1 is 0.892 bits per heavy atom. The largest absolute Gasteiger partial charge is 0.488 e. The fraction of sp³-hybridized carbons (Fsp3) is 0.100. The minimum Gasteiger partial charge on any atom is -0.488 e. The molecule has 0 unspecified atom stereocenters. The molecule has 1 N–H and O–H groups in total. The number of barbiturate groups is 1. The first-order chi connectivity index (χ1) is 17.8. The van der Waals surface area contributed by atoms with Crippen molar-refractivity contribution in [3.05, 3.63) is 111 Å². The third-order valence-corrected chi connectivity index (χ3v) is 6.62. The van der Waals surface area contributed by atoms with Crippen molar-refractivity contribution in [2.45, 2.75) is 20.5 Å². The number of anilines is 1. The van der Waals surface area contributed by atoms with Crippen molar-refractivity contribution in [1.82, 2.24) is 5.32 Å². The minimum atomic E-state index is -0.776. The second-order valence-electron chi connectivity index (χ2n) is 8.92. The molecule has 0 aliphatic carbocycles. The van der Waals surface area contributed by atoms with Crippen molar-refractivity contribution >= 4 is 56.3 Å². The van der Waals surface area contributed by atoms with Crippen LogP contribution >= 0.6 is 15.9 Å². The molecule has 1 aliphatic rings. The lowest BCUT2D eigenvalue weighted by molar-refractivity contribution is -0.122. The van der Waals surface area contributed by atoms with Crippen LogP contribution in [-0.4, -0.2) is 17.8 Å². The number of urea groups is 1. The predicted molar refractivity (Wildman–Crippen MR) is 147 cm³/mol. The predicted octanol–water partition coefficient (Wildman–Crippen LogP) is 6.46. The average Bonchev–Trinajstić information content (AvgIpc) is 2.86. The van der Waals surface area contributed by atoms with Crippen molar-refractivity contribution in [3.8, 4) is 5.75 Å². The summed E-state index contributed by atoms with van der Waals surface area (Å²) in [6.45, 7) is 4.07. The number of nitrogens with one attached hydrogen (secondary N) is 1. The molecule has 0 atom stereocenters. The van der Waals surface area contributed by atoms with Gasteiger partial charge in [-0.25, -0.2) is 9.69 Å². The number of hydrogen-bond donors (Lipinski definition) is 1. The van der Waals surface area contributed by atoms with E-state index in [1.165, 1.54) is 6.08 Å². The van der Waals surface area contributed by atoms with Gasteiger partial charge in [0.15, 0.2) is 0 Å². The van der Waals surface area contributed by atoms with Gasteiger partial charge in [0.1, 0.15) is 17.9 Å². The standard InChI is InChI=1S/C30H23BrN2O4/c1-18-13-19(2)15-23(14-18)33-29(35)26(28(34)32-30(33)36)16-25-24-6-4-3-5-21(24)9-12-27(25)37-17-20-7-10-22(31)11-8-20/h3-16H,17H2,1-2H3,(H,32,34,36)/b26-16+. The first-order valence-corrected chi connectivity index (χ1v) is 12.5. The van der Waals surface area contributed by atoms with E-state index in [9.17, 15) is 14.4 Å². The highest BCUT2D eigenvalue weighted by atomic mass is 79.9. The number of ether oxygens (including phenoxy) is 1. The van der Waals surface area contributed by atoms with Crippen LogP contribution in [0.2, 0.25) is 0 Å². The molecule has 1 saturated heterocycles. The van der Waals surface area contributed by atoms with E-state index in [-0.39, 0.29) is 5.57 Å². The van der Waals surface area contributed by atoms with Crippen LogP contribution in [0.5, 0.6) is 5.75 Å². The number of benzene rings is 4. The highest BCUT2D eigenvalue weighted by Gasteiger charge is 2.37. The minimum absolute atomic E-state index is 0.149. The Morgan fingerprint density at radius 3 is 2.32 bits per heavy atom. The van der Waals surface area contributed by atoms with E-state index >= 15 is 0 Å². The lowest BCUT2D eigenvalue weighted by Crippen LogP contribution is -2.54. The molecule has 184 valence electrons. The number of carbonyl (C=O) groups is 3. The fourth-order valence-electron chi connectivity index (χ4n) is 4.41. The van der Waals surface area contributed by atoms with E-state index in [0.29, 0.717) is 23.6 Å². The maximum atomic E-state index is 13.6. The van der Waals surface area contributed by atoms with E-state index < -0.39 is 17.8 Å². The number of hydrogen-bond acceptors (Lipinski definition) is 4. The molecule has 1 aliphatic heterocycles. The maximum Gasteiger partial charge on any atom is 0.335 e. The fourth-order valence-corrected chi connectivity index (χ4v) is 4.67. The Labute approximate surface area is 222 Å². The second-order valence-corrected chi connectivity index (χ2v) is 9.83. The number of amides is 4. The summed E-state index contributed by atoms with van der Waals surface area (Å²) in [6, 6.07) is 23.8. The van der Waals surface area contributed by atoms with Crippen LogP contribution in [-0.2, 0) is 16.2 Å². The quantitative estimate of drug-likeness (QED) is 0.227. The van der Waals surface area contributed by atoms with Crippen molar-refractivity contribution in [2.24, 2.45) is 0 Å². The van der Waals surface area contributed by atoms with Crippen molar-refractivity contribution in [2.75, 3.05) is 4.90 Å². The number of rotatable bonds is 5. The molecule has 0 bridgehead atoms. The van der Waals surface area contributed by atoms with Gasteiger partial charge in [0, 0.05) is 10.0 Å². The molecule has 5 rings (SSSR count). The lowest BCUT2D eigenvalue weighted by atomic mass is 9.99. The van der Waals surface area contributed by atoms with E-state index in [1.807, 2.05) is 80.6 Å². The number of aryl methyl sites for hydroxylation is 2. The molecule has 0 radical (unpaired) electrons. The van der Waals surface area contributed by atoms with Gasteiger partial charge in [0.05, 0.1) is 5.69 Å². The monoisotopic (exact) mass is 554 g/mol. The number of fused-ring (bicyclic) bond motifs is 1. The van der Waals surface area contributed by atoms with Gasteiger partial charge in [-0.15, -0.1) is 0 Å². The molecule has 37 heavy (non-hydrogen) atoms. The molecule has 1 heterocycles. The molecular weight excluding hydrogens is 532 g/mol. The Kier molecular flexibility index (Phi) is 6.63. The number of nitrogens with zero attached hydrogens (tertiary/aromatic N) is 1. The zero-order valence-corrected chi connectivity index (χ0v) is 21.8. The van der Waals surface area contributed by atoms with Crippen LogP contribution in [0, 0.1) is 13.8 Å². The zero-order valence-electron chi connectivity index (χ0n) is 20.2. The van der Waals surface area contributed by atoms with Crippen molar-refractivity contribution in [1.29, 1.82) is 0 Å². The van der Waals surface area contributed by atoms with Crippen LogP contribution in [0.15, 0.2) is 88.9 Å². The van der Waals surface area contributed by atoms with E-state index in [2.05, 4.69) is 21.2 Å². The molecular formula is C30H23BrN2O4. The van der Waals surface area contributed by atoms with Gasteiger partial charge in [-0.2, -0.15) is 0 Å². The molecule has 7 heteroatoms. The molecule has 1 fully saturated rings. The van der Waals surface area contributed by atoms with Gasteiger partial charge in [-0.1, -0.05) is 64.5 Å². The molecule has 0 spiro atoms. The van der Waals surface area contributed by atoms with Crippen LogP contribution in [0.25, 0.3) is 16.8 Å². The van der Waals surface area contributed by atoms with Gasteiger partial charge in [0.25, 0.3) is 11.8 Å². The summed E-state index contributed by atoms with van der Waals surface area (Å²) in [5.74, 6) is -0.919. The Bertz CT molecular complexity index is 1570. The number of imide groups is 2. The highest BCUT2D eigenvalue weighted by molar-refractivity contribution is 9.10. The summed E-state index contributed by atoms with van der Waals surface area (Å²) in [5, 5.41) is 4.06. The van der Waals surface area contributed by atoms with Crippen molar-refractivity contribution in [3.63, 3.8) is 0 Å². The maximum absolute atomic E-state index is 13.6. The second kappa shape index (κ2) is 10.0. The van der Waals surface area contributed by atoms with Crippen LogP contribution in [0.4, 0.5) is 10.5 Å². The van der Waals surface area contributed by atoms with Crippen LogP contribution in [0.3, 0.4) is 0 Å². The summed E-state index contributed by atoms with van der Waals surface area (Å²) in [5.41, 5.74) is 3.61. The third-order valence-electron chi connectivity index (χ3n) is 6.09. The molecule has 0 saturated carbocycles. The van der Waals surface area contributed by atoms with Gasteiger partial charge in [-0.05, 0) is 77.7 Å². The zero-order chi connectivity index (χ0) is 26.1. The number of halogens is 1. The average molecular weight is 555 g/mol. The Hall–Kier alpha value is -4.23. The van der Waals surface area contributed by atoms with Gasteiger partial charge in [0.2, 0.25) is 0 Å². The van der Waals surface area contributed by atoms with Crippen molar-refractivity contribution < 1.29 is 19.1 Å². The summed E-state index contributed by atoms with van der Waals surface area (Å²) >= 11 is 3.43. The van der Waals surface area contributed by atoms with Gasteiger partial charge < -0.3 is 4.74 Å². The normalized spacial score (nSPS) is 14.8. The molecule has 4 aromatic carbocycles. The highest BCUT2D eigenvalue weighted by Crippen LogP contribution is 2.32. The Balaban J connectivity index is 1.58. The first-order valence-electron chi connectivity index (χ1n) is 11.7. The van der Waals surface area contributed by atoms with Crippen LogP contribution in [0.1, 0.15) is 22.3 Å². The smallest absolute Gasteiger partial charge is 0.335 e.